The third-order valence-electron chi connectivity index (χ3n) is 3.02. The van der Waals surface area contributed by atoms with Gasteiger partial charge < -0.3 is 10.2 Å². The summed E-state index contributed by atoms with van der Waals surface area (Å²) in [6.07, 6.45) is 5.31. The molecular formula is C12H22O8. The Morgan fingerprint density at radius 1 is 0.800 bits per heavy atom. The van der Waals surface area contributed by atoms with E-state index in [1.165, 1.54) is 0 Å². The van der Waals surface area contributed by atoms with E-state index in [0.717, 1.165) is 25.7 Å². The van der Waals surface area contributed by atoms with Crippen molar-refractivity contribution >= 4 is 11.9 Å². The summed E-state index contributed by atoms with van der Waals surface area (Å²) < 4.78 is 0. The molecule has 0 atom stereocenters. The summed E-state index contributed by atoms with van der Waals surface area (Å²) >= 11 is 0. The number of carbonyl (C=O) groups is 2. The van der Waals surface area contributed by atoms with Gasteiger partial charge in [0.25, 0.3) is 0 Å². The molecule has 0 radical (unpaired) electrons. The largest absolute Gasteiger partial charge is 0.481 e. The topological polar surface area (TPSA) is 134 Å². The molecule has 0 aliphatic heterocycles. The molecule has 8 nitrogen and oxygen atoms in total. The van der Waals surface area contributed by atoms with E-state index in [2.05, 4.69) is 9.78 Å². The van der Waals surface area contributed by atoms with E-state index in [0.29, 0.717) is 19.3 Å². The Morgan fingerprint density at radius 2 is 1.25 bits per heavy atom. The molecular weight excluding hydrogens is 272 g/mol. The summed E-state index contributed by atoms with van der Waals surface area (Å²) in [7, 11) is 0. The lowest BCUT2D eigenvalue weighted by Crippen LogP contribution is -2.42. The molecule has 0 bridgehead atoms. The molecule has 118 valence electrons. The van der Waals surface area contributed by atoms with Gasteiger partial charge in [0.05, 0.1) is 0 Å². The third-order valence-corrected chi connectivity index (χ3v) is 3.02. The maximum atomic E-state index is 10.8. The minimum Gasteiger partial charge on any atom is -0.481 e. The second kappa shape index (κ2) is 10.6. The van der Waals surface area contributed by atoms with Crippen molar-refractivity contribution in [3.63, 3.8) is 0 Å². The van der Waals surface area contributed by atoms with Crippen LogP contribution in [-0.2, 0) is 19.4 Å². The predicted molar refractivity (Wildman–Crippen MR) is 67.0 cm³/mol. The minimum atomic E-state index is -2.42. The molecule has 0 aromatic rings. The van der Waals surface area contributed by atoms with Gasteiger partial charge in [0.2, 0.25) is 0 Å². The average molecular weight is 294 g/mol. The molecule has 0 aliphatic carbocycles. The van der Waals surface area contributed by atoms with Crippen LogP contribution in [0.3, 0.4) is 0 Å². The van der Waals surface area contributed by atoms with Gasteiger partial charge in [-0.25, -0.2) is 15.3 Å². The molecule has 0 aliphatic rings. The standard InChI is InChI=1S/C12H22O8/c13-10(14)8-6-4-2-1-3-5-7-9-12(19-17,20-18)11(15)16/h17-18H,1-9H2,(H,13,14)(H,15,16). The van der Waals surface area contributed by atoms with E-state index in [1.54, 1.807) is 0 Å². The summed E-state index contributed by atoms with van der Waals surface area (Å²) in [5.41, 5.74) is 0. The lowest BCUT2D eigenvalue weighted by molar-refractivity contribution is -0.472. The SMILES string of the molecule is O=C(O)CCCCCCCCCC(OO)(OO)C(=O)O. The molecule has 4 N–H and O–H groups in total. The fraction of sp³-hybridized carbons (Fsp3) is 0.833. The predicted octanol–water partition coefficient (Wildman–Crippen LogP) is 2.34. The van der Waals surface area contributed by atoms with Gasteiger partial charge in [-0.3, -0.25) is 4.79 Å². The fourth-order valence-corrected chi connectivity index (χ4v) is 1.81. The van der Waals surface area contributed by atoms with Crippen LogP contribution in [0.25, 0.3) is 0 Å². The highest BCUT2D eigenvalue weighted by molar-refractivity contribution is 5.75. The first-order valence-corrected chi connectivity index (χ1v) is 6.59. The second-order valence-corrected chi connectivity index (χ2v) is 4.61. The van der Waals surface area contributed by atoms with E-state index >= 15 is 0 Å². The van der Waals surface area contributed by atoms with Gasteiger partial charge in [-0.2, -0.15) is 9.78 Å². The molecule has 0 aromatic heterocycles. The van der Waals surface area contributed by atoms with Crippen molar-refractivity contribution in [1.82, 2.24) is 0 Å². The van der Waals surface area contributed by atoms with E-state index in [1.807, 2.05) is 0 Å². The normalized spacial score (nSPS) is 11.5. The maximum absolute atomic E-state index is 10.8. The van der Waals surface area contributed by atoms with Crippen molar-refractivity contribution in [1.29, 1.82) is 0 Å². The first kappa shape index (κ1) is 18.8. The van der Waals surface area contributed by atoms with Crippen LogP contribution in [0, 0.1) is 0 Å². The molecule has 0 heterocycles. The Labute approximate surface area is 116 Å². The van der Waals surface area contributed by atoms with Crippen molar-refractivity contribution in [3.8, 4) is 0 Å². The molecule has 0 fully saturated rings. The molecule has 0 saturated carbocycles. The lowest BCUT2D eigenvalue weighted by Gasteiger charge is -2.21. The third kappa shape index (κ3) is 7.39. The average Bonchev–Trinajstić information content (AvgIpc) is 2.41. The summed E-state index contributed by atoms with van der Waals surface area (Å²) in [5.74, 6) is -4.80. The summed E-state index contributed by atoms with van der Waals surface area (Å²) in [5, 5.41) is 34.1. The highest BCUT2D eigenvalue weighted by Crippen LogP contribution is 2.21. The van der Waals surface area contributed by atoms with Crippen molar-refractivity contribution in [3.05, 3.63) is 0 Å². The zero-order valence-electron chi connectivity index (χ0n) is 11.3. The van der Waals surface area contributed by atoms with Crippen LogP contribution in [0.15, 0.2) is 0 Å². The van der Waals surface area contributed by atoms with Crippen LogP contribution in [0.2, 0.25) is 0 Å². The monoisotopic (exact) mass is 294 g/mol. The molecule has 0 rings (SSSR count). The van der Waals surface area contributed by atoms with Crippen LogP contribution >= 0.6 is 0 Å². The van der Waals surface area contributed by atoms with Crippen molar-refractivity contribution in [2.75, 3.05) is 0 Å². The Balaban J connectivity index is 3.60. The Morgan fingerprint density at radius 3 is 1.65 bits per heavy atom. The van der Waals surface area contributed by atoms with Gasteiger partial charge >= 0.3 is 17.7 Å². The van der Waals surface area contributed by atoms with Gasteiger partial charge in [0, 0.05) is 12.8 Å². The zero-order chi connectivity index (χ0) is 15.4. The van der Waals surface area contributed by atoms with E-state index < -0.39 is 17.7 Å². The molecule has 0 amide bonds. The van der Waals surface area contributed by atoms with E-state index in [4.69, 9.17) is 20.7 Å². The van der Waals surface area contributed by atoms with Crippen molar-refractivity contribution in [2.45, 2.75) is 63.6 Å². The molecule has 0 saturated heterocycles. The smallest absolute Gasteiger partial charge is 0.370 e. The summed E-state index contributed by atoms with van der Waals surface area (Å²) in [6, 6.07) is 0. The Bertz CT molecular complexity index is 287. The van der Waals surface area contributed by atoms with Gasteiger partial charge in [0.1, 0.15) is 0 Å². The molecule has 0 unspecified atom stereocenters. The van der Waals surface area contributed by atoms with E-state index in [-0.39, 0.29) is 12.8 Å². The van der Waals surface area contributed by atoms with Crippen LogP contribution in [0.1, 0.15) is 57.8 Å². The second-order valence-electron chi connectivity index (χ2n) is 4.61. The number of aliphatic carboxylic acids is 2. The molecule has 0 spiro atoms. The van der Waals surface area contributed by atoms with Gasteiger partial charge in [-0.1, -0.05) is 32.1 Å². The molecule has 0 aromatic carbocycles. The zero-order valence-corrected chi connectivity index (χ0v) is 11.3. The van der Waals surface area contributed by atoms with Crippen LogP contribution in [0.4, 0.5) is 0 Å². The first-order chi connectivity index (χ1) is 9.48. The van der Waals surface area contributed by atoms with Crippen molar-refractivity contribution < 1.29 is 40.1 Å². The Kier molecular flexibility index (Phi) is 9.91. The molecule has 8 heteroatoms. The minimum absolute atomic E-state index is 0.172. The van der Waals surface area contributed by atoms with Crippen LogP contribution in [-0.4, -0.2) is 38.5 Å². The van der Waals surface area contributed by atoms with Gasteiger partial charge in [-0.15, -0.1) is 0 Å². The number of carboxylic acids is 2. The quantitative estimate of drug-likeness (QED) is 0.176. The van der Waals surface area contributed by atoms with Crippen molar-refractivity contribution in [2.24, 2.45) is 0 Å². The van der Waals surface area contributed by atoms with Gasteiger partial charge in [0.15, 0.2) is 0 Å². The van der Waals surface area contributed by atoms with E-state index in [9.17, 15) is 9.59 Å². The number of unbranched alkanes of at least 4 members (excludes halogenated alkanes) is 6. The number of hydrogen-bond acceptors (Lipinski definition) is 6. The summed E-state index contributed by atoms with van der Waals surface area (Å²) in [4.78, 5) is 28.4. The highest BCUT2D eigenvalue weighted by atomic mass is 17.2. The van der Waals surface area contributed by atoms with Gasteiger partial charge in [-0.05, 0) is 12.8 Å². The maximum Gasteiger partial charge on any atom is 0.370 e. The lowest BCUT2D eigenvalue weighted by atomic mass is 10.0. The first-order valence-electron chi connectivity index (χ1n) is 6.59. The summed E-state index contributed by atoms with van der Waals surface area (Å²) in [6.45, 7) is 0. The number of carboxylic acid groups (broad SMARTS) is 2. The molecule has 20 heavy (non-hydrogen) atoms. The fourth-order valence-electron chi connectivity index (χ4n) is 1.81. The van der Waals surface area contributed by atoms with Crippen LogP contribution in [0.5, 0.6) is 0 Å². The number of hydrogen-bond donors (Lipinski definition) is 4. The highest BCUT2D eigenvalue weighted by Gasteiger charge is 2.42. The number of rotatable bonds is 13. The Hall–Kier alpha value is -1.22. The van der Waals surface area contributed by atoms with Crippen LogP contribution < -0.4 is 0 Å².